The van der Waals surface area contributed by atoms with Gasteiger partial charge in [-0.25, -0.2) is 10.2 Å². The summed E-state index contributed by atoms with van der Waals surface area (Å²) in [6.45, 7) is 8.26. The summed E-state index contributed by atoms with van der Waals surface area (Å²) in [6.07, 6.45) is -0.434. The molecule has 0 bridgehead atoms. The lowest BCUT2D eigenvalue weighted by Crippen LogP contribution is -2.43. The average molecular weight is 296 g/mol. The zero-order valence-electron chi connectivity index (χ0n) is 12.6. The number of carbonyl (C=O) groups excluding carboxylic acids is 1. The summed E-state index contributed by atoms with van der Waals surface area (Å²) in [4.78, 5) is 11.8. The van der Waals surface area contributed by atoms with Gasteiger partial charge in [0.05, 0.1) is 0 Å². The van der Waals surface area contributed by atoms with Crippen molar-refractivity contribution in [3.8, 4) is 0 Å². The third-order valence-electron chi connectivity index (χ3n) is 2.23. The molecule has 20 heavy (non-hydrogen) atoms. The Hall–Kier alpha value is -1.33. The molecular formula is C15H24N2O2S. The molecule has 1 aromatic rings. The Morgan fingerprint density at radius 3 is 2.55 bits per heavy atom. The second kappa shape index (κ2) is 8.07. The van der Waals surface area contributed by atoms with Gasteiger partial charge in [0.1, 0.15) is 5.60 Å². The van der Waals surface area contributed by atoms with Gasteiger partial charge in [-0.1, -0.05) is 37.3 Å². The highest BCUT2D eigenvalue weighted by atomic mass is 32.1. The summed E-state index contributed by atoms with van der Waals surface area (Å²) in [6, 6.07) is 10.0. The zero-order chi connectivity index (χ0) is 15.0. The molecule has 1 rings (SSSR count). The van der Waals surface area contributed by atoms with E-state index in [1.54, 1.807) is 5.01 Å². The standard InChI is InChI=1S/C15H24N2O2S/c1-5-20-12-17(11-13-9-7-6-8-10-13)16-14(18)19-15(2,3)4/h6-10,12,20H,5,11H2,1-4H3,(H,16,18). The van der Waals surface area contributed by atoms with Gasteiger partial charge in [-0.2, -0.15) is 16.4 Å². The number of benzene rings is 1. The highest BCUT2D eigenvalue weighted by molar-refractivity contribution is 7.97. The number of amides is 1. The Kier molecular flexibility index (Phi) is 6.75. The Morgan fingerprint density at radius 1 is 1.35 bits per heavy atom. The lowest BCUT2D eigenvalue weighted by Gasteiger charge is -2.24. The molecule has 4 nitrogen and oxygen atoms in total. The second-order valence-corrected chi connectivity index (χ2v) is 6.57. The second-order valence-electron chi connectivity index (χ2n) is 5.34. The van der Waals surface area contributed by atoms with E-state index in [2.05, 4.69) is 12.3 Å². The van der Waals surface area contributed by atoms with Crippen LogP contribution in [0, 0.1) is 0 Å². The molecular weight excluding hydrogens is 272 g/mol. The molecule has 0 heterocycles. The molecule has 0 aliphatic rings. The molecule has 0 aromatic heterocycles. The molecule has 0 unspecified atom stereocenters. The maximum atomic E-state index is 11.8. The van der Waals surface area contributed by atoms with Crippen molar-refractivity contribution in [2.45, 2.75) is 39.8 Å². The molecule has 0 saturated heterocycles. The minimum atomic E-state index is -0.495. The highest BCUT2D eigenvalue weighted by Gasteiger charge is 2.17. The predicted molar refractivity (Wildman–Crippen MR) is 86.9 cm³/mol. The molecule has 112 valence electrons. The molecule has 0 aliphatic heterocycles. The van der Waals surface area contributed by atoms with E-state index in [4.69, 9.17) is 4.74 Å². The van der Waals surface area contributed by atoms with Crippen molar-refractivity contribution in [3.63, 3.8) is 0 Å². The lowest BCUT2D eigenvalue weighted by molar-refractivity contribution is 0.0417. The van der Waals surface area contributed by atoms with Gasteiger partial charge in [0.25, 0.3) is 0 Å². The average Bonchev–Trinajstić information content (AvgIpc) is 2.35. The van der Waals surface area contributed by atoms with Gasteiger partial charge in [-0.15, -0.1) is 0 Å². The van der Waals surface area contributed by atoms with E-state index in [-0.39, 0.29) is 0 Å². The Morgan fingerprint density at radius 2 is 2.00 bits per heavy atom. The summed E-state index contributed by atoms with van der Waals surface area (Å²) in [5, 5.41) is 1.77. The van der Waals surface area contributed by atoms with Gasteiger partial charge in [0, 0.05) is 12.0 Å². The van der Waals surface area contributed by atoms with E-state index in [0.29, 0.717) is 6.54 Å². The Balaban J connectivity index is 2.65. The number of rotatable bonds is 5. The molecule has 1 amide bonds. The SMILES string of the molecule is CC[SH]=CN(Cc1ccccc1)NC(=O)OC(C)(C)C. The molecule has 0 spiro atoms. The van der Waals surface area contributed by atoms with E-state index >= 15 is 0 Å². The lowest BCUT2D eigenvalue weighted by atomic mass is 10.2. The quantitative estimate of drug-likeness (QED) is 0.498. The molecule has 0 saturated carbocycles. The van der Waals surface area contributed by atoms with Crippen molar-refractivity contribution >= 4 is 22.9 Å². The largest absolute Gasteiger partial charge is 0.443 e. The van der Waals surface area contributed by atoms with Crippen LogP contribution in [0.15, 0.2) is 30.3 Å². The number of ether oxygens (including phenoxy) is 1. The minimum absolute atomic E-state index is 0.434. The molecule has 0 radical (unpaired) electrons. The van der Waals surface area contributed by atoms with Gasteiger partial charge in [0.2, 0.25) is 0 Å². The van der Waals surface area contributed by atoms with Crippen LogP contribution < -0.4 is 5.43 Å². The first kappa shape index (κ1) is 16.7. The van der Waals surface area contributed by atoms with E-state index in [0.717, 1.165) is 22.7 Å². The fourth-order valence-electron chi connectivity index (χ4n) is 1.49. The molecule has 1 aromatic carbocycles. The van der Waals surface area contributed by atoms with Crippen LogP contribution in [0.5, 0.6) is 0 Å². The number of nitrogens with zero attached hydrogens (tertiary/aromatic N) is 1. The molecule has 0 fully saturated rings. The van der Waals surface area contributed by atoms with Crippen LogP contribution in [-0.4, -0.2) is 27.9 Å². The normalized spacial score (nSPS) is 12.2. The maximum absolute atomic E-state index is 11.8. The summed E-state index contributed by atoms with van der Waals surface area (Å²) in [7, 11) is 0. The van der Waals surface area contributed by atoms with E-state index in [1.807, 2.05) is 56.6 Å². The third kappa shape index (κ3) is 7.31. The van der Waals surface area contributed by atoms with Gasteiger partial charge in [0.15, 0.2) is 0 Å². The van der Waals surface area contributed by atoms with Crippen molar-refractivity contribution in [2.75, 3.05) is 5.75 Å². The molecule has 5 heteroatoms. The number of thiol groups is 1. The van der Waals surface area contributed by atoms with Crippen LogP contribution in [0.4, 0.5) is 4.79 Å². The number of hydrazine groups is 1. The first-order chi connectivity index (χ1) is 9.40. The Labute approximate surface area is 125 Å². The molecule has 0 aliphatic carbocycles. The predicted octanol–water partition coefficient (Wildman–Crippen LogP) is 3.17. The van der Waals surface area contributed by atoms with Gasteiger partial charge >= 0.3 is 6.09 Å². The van der Waals surface area contributed by atoms with Gasteiger partial charge in [-0.05, 0) is 32.1 Å². The van der Waals surface area contributed by atoms with Crippen molar-refractivity contribution in [3.05, 3.63) is 35.9 Å². The summed E-state index contributed by atoms with van der Waals surface area (Å²) >= 11 is 1.15. The van der Waals surface area contributed by atoms with Crippen LogP contribution in [0.2, 0.25) is 0 Å². The number of hydrogen-bond donors (Lipinski definition) is 2. The van der Waals surface area contributed by atoms with E-state index in [1.165, 1.54) is 0 Å². The highest BCUT2D eigenvalue weighted by Crippen LogP contribution is 2.07. The fraction of sp³-hybridized carbons (Fsp3) is 0.467. The topological polar surface area (TPSA) is 41.6 Å². The van der Waals surface area contributed by atoms with Crippen LogP contribution >= 0.6 is 11.4 Å². The maximum Gasteiger partial charge on any atom is 0.422 e. The summed E-state index contributed by atoms with van der Waals surface area (Å²) in [5.74, 6) is 1.00. The first-order valence-corrected chi connectivity index (χ1v) is 7.86. The smallest absolute Gasteiger partial charge is 0.422 e. The van der Waals surface area contributed by atoms with Crippen molar-refractivity contribution < 1.29 is 9.53 Å². The number of nitrogens with one attached hydrogen (secondary N) is 1. The van der Waals surface area contributed by atoms with Crippen LogP contribution in [0.1, 0.15) is 33.3 Å². The summed E-state index contributed by atoms with van der Waals surface area (Å²) < 4.78 is 5.27. The fourth-order valence-corrected chi connectivity index (χ4v) is 1.99. The van der Waals surface area contributed by atoms with E-state index in [9.17, 15) is 4.79 Å². The van der Waals surface area contributed by atoms with Crippen LogP contribution in [0.3, 0.4) is 0 Å². The van der Waals surface area contributed by atoms with Crippen LogP contribution in [-0.2, 0) is 11.3 Å². The zero-order valence-corrected chi connectivity index (χ0v) is 13.5. The van der Waals surface area contributed by atoms with Crippen LogP contribution in [0.25, 0.3) is 0 Å². The monoisotopic (exact) mass is 296 g/mol. The molecule has 1 N–H and O–H groups in total. The molecule has 0 atom stereocenters. The minimum Gasteiger partial charge on any atom is -0.443 e. The summed E-state index contributed by atoms with van der Waals surface area (Å²) in [5.41, 5.74) is 5.36. The van der Waals surface area contributed by atoms with Gasteiger partial charge < -0.3 is 4.74 Å². The van der Waals surface area contributed by atoms with Crippen molar-refractivity contribution in [2.24, 2.45) is 0 Å². The van der Waals surface area contributed by atoms with Gasteiger partial charge in [-0.3, -0.25) is 0 Å². The van der Waals surface area contributed by atoms with Crippen molar-refractivity contribution in [1.29, 1.82) is 0 Å². The first-order valence-electron chi connectivity index (χ1n) is 6.71. The number of carbonyl (C=O) groups is 1. The third-order valence-corrected chi connectivity index (χ3v) is 3.04. The van der Waals surface area contributed by atoms with E-state index < -0.39 is 11.7 Å². The number of hydrogen-bond acceptors (Lipinski definition) is 2. The Bertz CT molecular complexity index is 441. The van der Waals surface area contributed by atoms with Crippen molar-refractivity contribution in [1.82, 2.24) is 10.4 Å².